The van der Waals surface area contributed by atoms with Crippen LogP contribution in [0.15, 0.2) is 48.5 Å². The molecule has 0 saturated carbocycles. The number of rotatable bonds is 6. The number of phenols is 1. The van der Waals surface area contributed by atoms with E-state index in [1.54, 1.807) is 30.3 Å². The summed E-state index contributed by atoms with van der Waals surface area (Å²) in [5, 5.41) is 12.9. The Morgan fingerprint density at radius 3 is 2.36 bits per heavy atom. The molecule has 1 amide bonds. The van der Waals surface area contributed by atoms with Crippen molar-refractivity contribution in [1.82, 2.24) is 10.2 Å². The molecule has 0 aliphatic carbocycles. The van der Waals surface area contributed by atoms with Crippen LogP contribution in [0.2, 0.25) is 0 Å². The molecular formula is C21H25N3O4. The van der Waals surface area contributed by atoms with Crippen LogP contribution in [0.5, 0.6) is 5.75 Å². The minimum absolute atomic E-state index is 0.0342. The molecule has 1 heterocycles. The number of ether oxygens (including phenoxy) is 1. The quantitative estimate of drug-likeness (QED) is 0.738. The molecule has 7 heteroatoms. The number of phenolic OH excluding ortho intramolecular Hbond substituents is 1. The van der Waals surface area contributed by atoms with Crippen LogP contribution >= 0.6 is 0 Å². The number of nitrogens with zero attached hydrogens (tertiary/aromatic N) is 2. The fourth-order valence-electron chi connectivity index (χ4n) is 3.21. The first kappa shape index (κ1) is 19.7. The standard InChI is InChI=1S/C21H25N3O4/c1-28-21(27)17-8-6-16(7-9-17)14-22-20(26)15-23-10-12-24(13-11-23)18-4-2-3-5-19(18)25/h2-9,25H,10-15H2,1H3,(H,22,26). The average molecular weight is 383 g/mol. The highest BCUT2D eigenvalue weighted by Crippen LogP contribution is 2.27. The first-order chi connectivity index (χ1) is 13.6. The monoisotopic (exact) mass is 383 g/mol. The summed E-state index contributed by atoms with van der Waals surface area (Å²) in [6, 6.07) is 14.3. The Kier molecular flexibility index (Phi) is 6.49. The Balaban J connectivity index is 1.42. The Morgan fingerprint density at radius 2 is 1.71 bits per heavy atom. The second-order valence-electron chi connectivity index (χ2n) is 6.72. The smallest absolute Gasteiger partial charge is 0.337 e. The van der Waals surface area contributed by atoms with Gasteiger partial charge in [-0.15, -0.1) is 0 Å². The van der Waals surface area contributed by atoms with E-state index in [0.29, 0.717) is 18.7 Å². The summed E-state index contributed by atoms with van der Waals surface area (Å²) < 4.78 is 4.67. The van der Waals surface area contributed by atoms with Gasteiger partial charge in [-0.1, -0.05) is 24.3 Å². The van der Waals surface area contributed by atoms with E-state index in [-0.39, 0.29) is 17.6 Å². The predicted octanol–water partition coefficient (Wildman–Crippen LogP) is 1.62. The number of methoxy groups -OCH3 is 1. The van der Waals surface area contributed by atoms with Crippen LogP contribution < -0.4 is 10.2 Å². The maximum Gasteiger partial charge on any atom is 0.337 e. The molecule has 7 nitrogen and oxygen atoms in total. The molecule has 0 unspecified atom stereocenters. The second kappa shape index (κ2) is 9.23. The summed E-state index contributed by atoms with van der Waals surface area (Å²) in [4.78, 5) is 27.9. The molecule has 0 aromatic heterocycles. The molecule has 0 bridgehead atoms. The highest BCUT2D eigenvalue weighted by Gasteiger charge is 2.20. The van der Waals surface area contributed by atoms with Gasteiger partial charge in [-0.2, -0.15) is 0 Å². The minimum Gasteiger partial charge on any atom is -0.506 e. The number of hydrogen-bond acceptors (Lipinski definition) is 6. The molecule has 1 saturated heterocycles. The van der Waals surface area contributed by atoms with Crippen LogP contribution in [0.4, 0.5) is 5.69 Å². The molecule has 0 spiro atoms. The van der Waals surface area contributed by atoms with Crippen molar-refractivity contribution >= 4 is 17.6 Å². The number of carbonyl (C=O) groups is 2. The molecule has 148 valence electrons. The van der Waals surface area contributed by atoms with Gasteiger partial charge in [0.25, 0.3) is 0 Å². The third-order valence-corrected chi connectivity index (χ3v) is 4.83. The Hall–Kier alpha value is -3.06. The van der Waals surface area contributed by atoms with Gasteiger partial charge >= 0.3 is 5.97 Å². The number of para-hydroxylation sites is 2. The van der Waals surface area contributed by atoms with Crippen LogP contribution in [0.3, 0.4) is 0 Å². The van der Waals surface area contributed by atoms with Gasteiger partial charge in [-0.25, -0.2) is 4.79 Å². The van der Waals surface area contributed by atoms with E-state index >= 15 is 0 Å². The van der Waals surface area contributed by atoms with Crippen LogP contribution in [0, 0.1) is 0 Å². The first-order valence-corrected chi connectivity index (χ1v) is 9.26. The number of piperazine rings is 1. The molecule has 1 fully saturated rings. The average Bonchev–Trinajstić information content (AvgIpc) is 2.73. The Morgan fingerprint density at radius 1 is 1.04 bits per heavy atom. The van der Waals surface area contributed by atoms with Gasteiger partial charge < -0.3 is 20.1 Å². The zero-order chi connectivity index (χ0) is 19.9. The zero-order valence-electron chi connectivity index (χ0n) is 15.9. The zero-order valence-corrected chi connectivity index (χ0v) is 15.9. The highest BCUT2D eigenvalue weighted by atomic mass is 16.5. The lowest BCUT2D eigenvalue weighted by Crippen LogP contribution is -2.49. The van der Waals surface area contributed by atoms with Gasteiger partial charge in [-0.05, 0) is 29.8 Å². The molecule has 2 aromatic carbocycles. The number of carbonyl (C=O) groups excluding carboxylic acids is 2. The van der Waals surface area contributed by atoms with Crippen molar-refractivity contribution < 1.29 is 19.4 Å². The first-order valence-electron chi connectivity index (χ1n) is 9.26. The fraction of sp³-hybridized carbons (Fsp3) is 0.333. The number of hydrogen-bond donors (Lipinski definition) is 2. The van der Waals surface area contributed by atoms with Crippen LogP contribution in [0.25, 0.3) is 0 Å². The van der Waals surface area contributed by atoms with E-state index in [1.807, 2.05) is 18.2 Å². The molecule has 2 aromatic rings. The van der Waals surface area contributed by atoms with E-state index in [9.17, 15) is 14.7 Å². The maximum atomic E-state index is 12.2. The maximum absolute atomic E-state index is 12.2. The lowest BCUT2D eigenvalue weighted by Gasteiger charge is -2.35. The third kappa shape index (κ3) is 5.01. The lowest BCUT2D eigenvalue weighted by molar-refractivity contribution is -0.122. The Bertz CT molecular complexity index is 815. The molecule has 2 N–H and O–H groups in total. The topological polar surface area (TPSA) is 82.1 Å². The van der Waals surface area contributed by atoms with Crippen molar-refractivity contribution in [2.45, 2.75) is 6.54 Å². The molecular weight excluding hydrogens is 358 g/mol. The lowest BCUT2D eigenvalue weighted by atomic mass is 10.1. The van der Waals surface area contributed by atoms with Crippen molar-refractivity contribution in [3.63, 3.8) is 0 Å². The number of esters is 1. The van der Waals surface area contributed by atoms with E-state index in [4.69, 9.17) is 0 Å². The summed E-state index contributed by atoms with van der Waals surface area (Å²) in [6.45, 7) is 3.80. The number of aromatic hydroxyl groups is 1. The molecule has 0 atom stereocenters. The van der Waals surface area contributed by atoms with Crippen LogP contribution in [0.1, 0.15) is 15.9 Å². The van der Waals surface area contributed by atoms with Gasteiger partial charge in [0.15, 0.2) is 0 Å². The van der Waals surface area contributed by atoms with E-state index in [2.05, 4.69) is 19.9 Å². The molecule has 0 radical (unpaired) electrons. The van der Waals surface area contributed by atoms with Crippen molar-refractivity contribution in [2.75, 3.05) is 44.7 Å². The van der Waals surface area contributed by atoms with E-state index in [1.165, 1.54) is 7.11 Å². The number of anilines is 1. The van der Waals surface area contributed by atoms with E-state index in [0.717, 1.165) is 37.4 Å². The van der Waals surface area contributed by atoms with Crippen LogP contribution in [-0.2, 0) is 16.1 Å². The Labute approximate surface area is 164 Å². The van der Waals surface area contributed by atoms with Gasteiger partial charge in [0, 0.05) is 32.7 Å². The predicted molar refractivity (Wildman–Crippen MR) is 106 cm³/mol. The number of nitrogens with one attached hydrogen (secondary N) is 1. The summed E-state index contributed by atoms with van der Waals surface area (Å²) in [6.07, 6.45) is 0. The van der Waals surface area contributed by atoms with Gasteiger partial charge in [0.2, 0.25) is 5.91 Å². The van der Waals surface area contributed by atoms with Gasteiger partial charge in [0.05, 0.1) is 24.9 Å². The van der Waals surface area contributed by atoms with Crippen molar-refractivity contribution in [3.05, 3.63) is 59.7 Å². The van der Waals surface area contributed by atoms with Crippen molar-refractivity contribution in [3.8, 4) is 5.75 Å². The minimum atomic E-state index is -0.376. The van der Waals surface area contributed by atoms with E-state index < -0.39 is 0 Å². The van der Waals surface area contributed by atoms with Crippen molar-refractivity contribution in [2.24, 2.45) is 0 Å². The van der Waals surface area contributed by atoms with Gasteiger partial charge in [-0.3, -0.25) is 9.69 Å². The fourth-order valence-corrected chi connectivity index (χ4v) is 3.21. The molecule has 1 aliphatic rings. The van der Waals surface area contributed by atoms with Crippen molar-refractivity contribution in [1.29, 1.82) is 0 Å². The molecule has 3 rings (SSSR count). The van der Waals surface area contributed by atoms with Crippen LogP contribution in [-0.4, -0.2) is 61.7 Å². The summed E-state index contributed by atoms with van der Waals surface area (Å²) in [5.41, 5.74) is 2.24. The third-order valence-electron chi connectivity index (χ3n) is 4.83. The second-order valence-corrected chi connectivity index (χ2v) is 6.72. The highest BCUT2D eigenvalue weighted by molar-refractivity contribution is 5.89. The summed E-state index contributed by atoms with van der Waals surface area (Å²) in [5.74, 6) is -0.126. The number of benzene rings is 2. The van der Waals surface area contributed by atoms with Gasteiger partial charge in [0.1, 0.15) is 5.75 Å². The summed E-state index contributed by atoms with van der Waals surface area (Å²) >= 11 is 0. The SMILES string of the molecule is COC(=O)c1ccc(CNC(=O)CN2CCN(c3ccccc3O)CC2)cc1. The molecule has 28 heavy (non-hydrogen) atoms. The largest absolute Gasteiger partial charge is 0.506 e. The molecule has 1 aliphatic heterocycles. The number of amides is 1. The summed E-state index contributed by atoms with van der Waals surface area (Å²) in [7, 11) is 1.35. The normalized spacial score (nSPS) is 14.5.